The predicted molar refractivity (Wildman–Crippen MR) is 127 cm³/mol. The van der Waals surface area contributed by atoms with E-state index in [4.69, 9.17) is 16.3 Å². The third kappa shape index (κ3) is 5.28. The van der Waals surface area contributed by atoms with Crippen LogP contribution in [0.1, 0.15) is 16.1 Å². The number of ether oxygens (including phenoxy) is 1. The number of carbonyl (C=O) groups is 2. The first-order valence-electron chi connectivity index (χ1n) is 10.7. The first-order chi connectivity index (χ1) is 15.9. The van der Waals surface area contributed by atoms with Gasteiger partial charge in [0, 0.05) is 43.1 Å². The number of piperazine rings is 1. The largest absolute Gasteiger partial charge is 0.494 e. The highest BCUT2D eigenvalue weighted by molar-refractivity contribution is 6.30. The predicted octanol–water partition coefficient (Wildman–Crippen LogP) is 2.92. The minimum Gasteiger partial charge on any atom is -0.494 e. The van der Waals surface area contributed by atoms with Crippen molar-refractivity contribution < 1.29 is 14.3 Å². The van der Waals surface area contributed by atoms with Crippen LogP contribution in [0.2, 0.25) is 5.02 Å². The molecule has 0 unspecified atom stereocenters. The molecule has 2 amide bonds. The van der Waals surface area contributed by atoms with E-state index in [1.807, 2.05) is 49.4 Å². The zero-order valence-electron chi connectivity index (χ0n) is 18.6. The standard InChI is InChI=1S/C24H26ClN5O3/c1-17-6-7-22(33-2)21(14-17)30-9-8-20(27-30)24(32)26-16-23(31)29-12-10-28(11-13-29)19-5-3-4-18(25)15-19/h3-9,14-15H,10-13,16H2,1-2H3,(H,26,32). The lowest BCUT2D eigenvalue weighted by atomic mass is 10.2. The highest BCUT2D eigenvalue weighted by Gasteiger charge is 2.22. The molecule has 1 aliphatic rings. The fraction of sp³-hybridized carbons (Fsp3) is 0.292. The highest BCUT2D eigenvalue weighted by atomic mass is 35.5. The molecule has 1 N–H and O–H groups in total. The number of hydrogen-bond donors (Lipinski definition) is 1. The molecule has 2 aromatic carbocycles. The Hall–Kier alpha value is -3.52. The van der Waals surface area contributed by atoms with Gasteiger partial charge in [0.25, 0.3) is 5.91 Å². The highest BCUT2D eigenvalue weighted by Crippen LogP contribution is 2.23. The van der Waals surface area contributed by atoms with Crippen molar-refractivity contribution in [3.8, 4) is 11.4 Å². The summed E-state index contributed by atoms with van der Waals surface area (Å²) in [5.74, 6) is 0.142. The monoisotopic (exact) mass is 467 g/mol. The van der Waals surface area contributed by atoms with E-state index in [9.17, 15) is 9.59 Å². The van der Waals surface area contributed by atoms with E-state index in [2.05, 4.69) is 15.3 Å². The van der Waals surface area contributed by atoms with E-state index < -0.39 is 5.91 Å². The SMILES string of the molecule is COc1ccc(C)cc1-n1ccc(C(=O)NCC(=O)N2CCN(c3cccc(Cl)c3)CC2)n1. The summed E-state index contributed by atoms with van der Waals surface area (Å²) in [4.78, 5) is 29.1. The van der Waals surface area contributed by atoms with Crippen LogP contribution in [0.15, 0.2) is 54.7 Å². The molecule has 0 saturated carbocycles. The first-order valence-corrected chi connectivity index (χ1v) is 11.1. The molecule has 1 fully saturated rings. The molecule has 1 aromatic heterocycles. The lowest BCUT2D eigenvalue weighted by Gasteiger charge is -2.36. The molecule has 2 heterocycles. The number of aromatic nitrogens is 2. The van der Waals surface area contributed by atoms with E-state index in [0.29, 0.717) is 37.0 Å². The van der Waals surface area contributed by atoms with Crippen molar-refractivity contribution in [2.45, 2.75) is 6.92 Å². The fourth-order valence-corrected chi connectivity index (χ4v) is 3.99. The van der Waals surface area contributed by atoms with E-state index in [1.54, 1.807) is 29.0 Å². The van der Waals surface area contributed by atoms with Gasteiger partial charge in [-0.05, 0) is 48.9 Å². The molecule has 0 atom stereocenters. The lowest BCUT2D eigenvalue weighted by molar-refractivity contribution is -0.130. The van der Waals surface area contributed by atoms with Crippen LogP contribution in [-0.2, 0) is 4.79 Å². The number of benzene rings is 2. The summed E-state index contributed by atoms with van der Waals surface area (Å²) in [5, 5.41) is 7.73. The number of halogens is 1. The Morgan fingerprint density at radius 1 is 1.09 bits per heavy atom. The van der Waals surface area contributed by atoms with Crippen LogP contribution in [0, 0.1) is 6.92 Å². The van der Waals surface area contributed by atoms with Gasteiger partial charge in [0.05, 0.1) is 13.7 Å². The van der Waals surface area contributed by atoms with Crippen LogP contribution in [0.25, 0.3) is 5.69 Å². The maximum atomic E-state index is 12.6. The molecule has 8 nitrogen and oxygen atoms in total. The number of amides is 2. The van der Waals surface area contributed by atoms with Gasteiger partial charge in [-0.25, -0.2) is 4.68 Å². The Bertz CT molecular complexity index is 1150. The summed E-state index contributed by atoms with van der Waals surface area (Å²) in [7, 11) is 1.59. The number of carbonyl (C=O) groups excluding carboxylic acids is 2. The smallest absolute Gasteiger partial charge is 0.272 e. The van der Waals surface area contributed by atoms with Crippen molar-refractivity contribution in [2.24, 2.45) is 0 Å². The van der Waals surface area contributed by atoms with Gasteiger partial charge >= 0.3 is 0 Å². The summed E-state index contributed by atoms with van der Waals surface area (Å²) in [6.45, 7) is 4.49. The Kier molecular flexibility index (Phi) is 6.84. The summed E-state index contributed by atoms with van der Waals surface area (Å²) in [5.41, 5.74) is 3.07. The summed E-state index contributed by atoms with van der Waals surface area (Å²) in [6.07, 6.45) is 1.70. The molecule has 33 heavy (non-hydrogen) atoms. The number of rotatable bonds is 6. The fourth-order valence-electron chi connectivity index (χ4n) is 3.80. The molecule has 1 aliphatic heterocycles. The summed E-state index contributed by atoms with van der Waals surface area (Å²) >= 11 is 6.08. The minimum atomic E-state index is -0.397. The van der Waals surface area contributed by atoms with Gasteiger partial charge in [0.15, 0.2) is 5.69 Å². The molecule has 0 bridgehead atoms. The average Bonchev–Trinajstić information content (AvgIpc) is 3.33. The van der Waals surface area contributed by atoms with Crippen LogP contribution in [0.3, 0.4) is 0 Å². The normalized spacial score (nSPS) is 13.7. The molecule has 1 saturated heterocycles. The minimum absolute atomic E-state index is 0.0728. The molecular weight excluding hydrogens is 442 g/mol. The Morgan fingerprint density at radius 2 is 1.88 bits per heavy atom. The van der Waals surface area contributed by atoms with Gasteiger partial charge in [0.1, 0.15) is 11.4 Å². The lowest BCUT2D eigenvalue weighted by Crippen LogP contribution is -2.51. The topological polar surface area (TPSA) is 79.7 Å². The molecule has 3 aromatic rings. The van der Waals surface area contributed by atoms with Crippen molar-refractivity contribution in [3.63, 3.8) is 0 Å². The summed E-state index contributed by atoms with van der Waals surface area (Å²) in [6, 6.07) is 15.0. The van der Waals surface area contributed by atoms with Gasteiger partial charge in [-0.1, -0.05) is 23.7 Å². The zero-order valence-corrected chi connectivity index (χ0v) is 19.4. The van der Waals surface area contributed by atoms with Crippen LogP contribution in [0.5, 0.6) is 5.75 Å². The van der Waals surface area contributed by atoms with E-state index in [-0.39, 0.29) is 18.1 Å². The quantitative estimate of drug-likeness (QED) is 0.603. The third-order valence-corrected chi connectivity index (χ3v) is 5.84. The number of hydrogen-bond acceptors (Lipinski definition) is 5. The van der Waals surface area contributed by atoms with Gasteiger partial charge in [-0.15, -0.1) is 0 Å². The molecule has 0 spiro atoms. The molecule has 4 rings (SSSR count). The molecule has 9 heteroatoms. The first kappa shape index (κ1) is 22.7. The number of methoxy groups -OCH3 is 1. The van der Waals surface area contributed by atoms with Crippen LogP contribution < -0.4 is 15.0 Å². The van der Waals surface area contributed by atoms with Crippen LogP contribution in [-0.4, -0.2) is 66.3 Å². The maximum Gasteiger partial charge on any atom is 0.272 e. The van der Waals surface area contributed by atoms with Crippen molar-refractivity contribution in [2.75, 3.05) is 44.7 Å². The number of nitrogens with one attached hydrogen (secondary N) is 1. The van der Waals surface area contributed by atoms with Crippen molar-refractivity contribution >= 4 is 29.1 Å². The zero-order chi connectivity index (χ0) is 23.4. The Balaban J connectivity index is 1.31. The number of anilines is 1. The van der Waals surface area contributed by atoms with Crippen molar-refractivity contribution in [1.29, 1.82) is 0 Å². The molecule has 0 aliphatic carbocycles. The molecular formula is C24H26ClN5O3. The third-order valence-electron chi connectivity index (χ3n) is 5.61. The second-order valence-electron chi connectivity index (χ2n) is 7.85. The van der Waals surface area contributed by atoms with Crippen molar-refractivity contribution in [1.82, 2.24) is 20.0 Å². The second kappa shape index (κ2) is 9.95. The second-order valence-corrected chi connectivity index (χ2v) is 8.29. The van der Waals surface area contributed by atoms with Gasteiger partial charge in [-0.2, -0.15) is 5.10 Å². The number of aryl methyl sites for hydroxylation is 1. The average molecular weight is 468 g/mol. The molecule has 172 valence electrons. The Morgan fingerprint density at radius 3 is 2.61 bits per heavy atom. The van der Waals surface area contributed by atoms with Crippen LogP contribution in [0.4, 0.5) is 5.69 Å². The van der Waals surface area contributed by atoms with Crippen molar-refractivity contribution in [3.05, 3.63) is 71.0 Å². The molecule has 0 radical (unpaired) electrons. The van der Waals surface area contributed by atoms with E-state index in [1.165, 1.54) is 0 Å². The van der Waals surface area contributed by atoms with E-state index in [0.717, 1.165) is 16.9 Å². The number of nitrogens with zero attached hydrogens (tertiary/aromatic N) is 4. The van der Waals surface area contributed by atoms with Gasteiger partial charge < -0.3 is 19.9 Å². The maximum absolute atomic E-state index is 12.6. The van der Waals surface area contributed by atoms with Gasteiger partial charge in [-0.3, -0.25) is 9.59 Å². The Labute approximate surface area is 197 Å². The van der Waals surface area contributed by atoms with Gasteiger partial charge in [0.2, 0.25) is 5.91 Å². The van der Waals surface area contributed by atoms with E-state index >= 15 is 0 Å². The van der Waals surface area contributed by atoms with Crippen LogP contribution >= 0.6 is 11.6 Å². The summed E-state index contributed by atoms with van der Waals surface area (Å²) < 4.78 is 6.99.